The van der Waals surface area contributed by atoms with Gasteiger partial charge in [0.25, 0.3) is 0 Å². The molecule has 17 heavy (non-hydrogen) atoms. The van der Waals surface area contributed by atoms with E-state index in [9.17, 15) is 10.4 Å². The molecule has 0 aromatic carbocycles. The van der Waals surface area contributed by atoms with Crippen molar-refractivity contribution in [1.29, 1.82) is 0 Å². The number of nitrogens with one attached hydrogen (secondary N) is 1. The molecule has 0 radical (unpaired) electrons. The zero-order valence-corrected chi connectivity index (χ0v) is 10.9. The first kappa shape index (κ1) is 11.9. The summed E-state index contributed by atoms with van der Waals surface area (Å²) in [5.74, 6) is 0. The maximum absolute atomic E-state index is 11.5. The molecule has 3 fully saturated rings. The number of quaternary nitrogens is 1. The molecule has 3 aliphatic rings. The summed E-state index contributed by atoms with van der Waals surface area (Å²) in [6.07, 6.45) is 5.87. The van der Waals surface area contributed by atoms with Crippen LogP contribution in [0.5, 0.6) is 0 Å². The molecule has 2 N–H and O–H groups in total. The molecule has 2 heterocycles. The van der Waals surface area contributed by atoms with Gasteiger partial charge in [-0.25, -0.2) is 10.4 Å². The summed E-state index contributed by atoms with van der Waals surface area (Å²) in [6, 6.07) is 0.201. The Balaban J connectivity index is 1.96. The van der Waals surface area contributed by atoms with E-state index < -0.39 is 5.23 Å². The van der Waals surface area contributed by atoms with Crippen LogP contribution in [0.15, 0.2) is 0 Å². The smallest absolute Gasteiger partial charge is 0.134 e. The first-order valence-corrected chi connectivity index (χ1v) is 6.95. The highest BCUT2D eigenvalue weighted by atomic mass is 16.8. The van der Waals surface area contributed by atoms with Gasteiger partial charge in [-0.05, 0) is 36.6 Å². The third-order valence-electron chi connectivity index (χ3n) is 6.00. The number of hydrogen-bond acceptors (Lipinski definition) is 3. The molecule has 0 aromatic heterocycles. The highest BCUT2D eigenvalue weighted by molar-refractivity contribution is 5.13. The predicted molar refractivity (Wildman–Crippen MR) is 64.6 cm³/mol. The monoisotopic (exact) mass is 240 g/mol. The molecule has 1 spiro atoms. The van der Waals surface area contributed by atoms with Gasteiger partial charge in [-0.15, -0.1) is 0 Å². The number of hydroxylamine groups is 2. The van der Waals surface area contributed by atoms with Crippen molar-refractivity contribution in [1.82, 2.24) is 4.90 Å². The largest absolute Gasteiger partial charge is 0.600 e. The van der Waals surface area contributed by atoms with Crippen LogP contribution in [0.2, 0.25) is 0 Å². The van der Waals surface area contributed by atoms with Gasteiger partial charge in [0.1, 0.15) is 6.04 Å². The van der Waals surface area contributed by atoms with E-state index in [0.29, 0.717) is 11.5 Å². The van der Waals surface area contributed by atoms with Gasteiger partial charge >= 0.3 is 0 Å². The van der Waals surface area contributed by atoms with Gasteiger partial charge in [-0.3, -0.25) is 4.90 Å². The molecular formula is C13H24N2O2. The normalized spacial score (nSPS) is 46.6. The van der Waals surface area contributed by atoms with Gasteiger partial charge in [-0.2, -0.15) is 0 Å². The van der Waals surface area contributed by atoms with Crippen molar-refractivity contribution in [3.8, 4) is 0 Å². The summed E-state index contributed by atoms with van der Waals surface area (Å²) in [4.78, 5) is 2.46. The van der Waals surface area contributed by atoms with Gasteiger partial charge in [0.2, 0.25) is 0 Å². The van der Waals surface area contributed by atoms with Crippen molar-refractivity contribution >= 4 is 0 Å². The first-order chi connectivity index (χ1) is 7.98. The zero-order chi connectivity index (χ0) is 12.3. The van der Waals surface area contributed by atoms with E-state index in [1.807, 2.05) is 0 Å². The third-order valence-corrected chi connectivity index (χ3v) is 6.00. The lowest BCUT2D eigenvalue weighted by molar-refractivity contribution is -1.07. The SMILES string of the molecule is CC1(C)CCCC12CCN1CCC([NH+]([O-])O)C12. The van der Waals surface area contributed by atoms with Gasteiger partial charge in [0, 0.05) is 13.0 Å². The fraction of sp³-hybridized carbons (Fsp3) is 1.00. The fourth-order valence-corrected chi connectivity index (χ4v) is 5.04. The molecule has 4 heteroatoms. The van der Waals surface area contributed by atoms with Crippen molar-refractivity contribution in [2.24, 2.45) is 10.8 Å². The van der Waals surface area contributed by atoms with Crippen molar-refractivity contribution in [2.75, 3.05) is 13.1 Å². The van der Waals surface area contributed by atoms with E-state index in [1.165, 1.54) is 25.7 Å². The minimum Gasteiger partial charge on any atom is -0.600 e. The molecule has 1 saturated carbocycles. The van der Waals surface area contributed by atoms with Gasteiger partial charge < -0.3 is 5.21 Å². The van der Waals surface area contributed by atoms with Crippen LogP contribution in [-0.2, 0) is 0 Å². The van der Waals surface area contributed by atoms with Gasteiger partial charge in [0.15, 0.2) is 0 Å². The Labute approximate surface area is 103 Å². The lowest BCUT2D eigenvalue weighted by Gasteiger charge is -2.45. The number of fused-ring (bicyclic) bond motifs is 2. The van der Waals surface area contributed by atoms with Crippen LogP contribution in [0.1, 0.15) is 46.0 Å². The minimum absolute atomic E-state index is 0.116. The van der Waals surface area contributed by atoms with E-state index in [-0.39, 0.29) is 11.5 Å². The molecule has 3 rings (SSSR count). The van der Waals surface area contributed by atoms with E-state index in [1.54, 1.807) is 0 Å². The highest BCUT2D eigenvalue weighted by Gasteiger charge is 2.63. The quantitative estimate of drug-likeness (QED) is 0.667. The molecule has 4 atom stereocenters. The second-order valence-corrected chi connectivity index (χ2v) is 6.86. The molecule has 2 saturated heterocycles. The average molecular weight is 240 g/mol. The Hall–Kier alpha value is -0.160. The van der Waals surface area contributed by atoms with Crippen LogP contribution in [0.25, 0.3) is 0 Å². The van der Waals surface area contributed by atoms with E-state index in [0.717, 1.165) is 19.5 Å². The Morgan fingerprint density at radius 3 is 2.59 bits per heavy atom. The van der Waals surface area contributed by atoms with Gasteiger partial charge in [-0.1, -0.05) is 20.3 Å². The first-order valence-electron chi connectivity index (χ1n) is 6.95. The zero-order valence-electron chi connectivity index (χ0n) is 10.9. The Bertz CT molecular complexity index is 319. The second-order valence-electron chi connectivity index (χ2n) is 6.86. The summed E-state index contributed by atoms with van der Waals surface area (Å²) < 4.78 is 0. The average Bonchev–Trinajstić information content (AvgIpc) is 2.84. The summed E-state index contributed by atoms with van der Waals surface area (Å²) >= 11 is 0. The van der Waals surface area contributed by atoms with E-state index in [4.69, 9.17) is 0 Å². The van der Waals surface area contributed by atoms with Crippen LogP contribution in [-0.4, -0.2) is 35.3 Å². The molecule has 4 unspecified atom stereocenters. The predicted octanol–water partition coefficient (Wildman–Crippen LogP) is 0.801. The molecular weight excluding hydrogens is 216 g/mol. The maximum Gasteiger partial charge on any atom is 0.134 e. The topological polar surface area (TPSA) is 51.0 Å². The Morgan fingerprint density at radius 1 is 1.24 bits per heavy atom. The lowest BCUT2D eigenvalue weighted by Crippen LogP contribution is -3.10. The van der Waals surface area contributed by atoms with Crippen LogP contribution >= 0.6 is 0 Å². The number of rotatable bonds is 1. The van der Waals surface area contributed by atoms with Crippen molar-refractivity contribution in [2.45, 2.75) is 58.0 Å². The van der Waals surface area contributed by atoms with Crippen LogP contribution in [0.4, 0.5) is 0 Å². The fourth-order valence-electron chi connectivity index (χ4n) is 5.04. The molecule has 0 bridgehead atoms. The molecule has 1 aliphatic carbocycles. The summed E-state index contributed by atoms with van der Waals surface area (Å²) in [5, 5.41) is 20.3. The Kier molecular flexibility index (Phi) is 2.57. The number of hydrogen-bond donors (Lipinski definition) is 2. The molecule has 0 aromatic rings. The lowest BCUT2D eigenvalue weighted by atomic mass is 9.62. The summed E-state index contributed by atoms with van der Waals surface area (Å²) in [6.45, 7) is 6.85. The standard InChI is InChI=1S/C13H24N2O2/c1-12(2)5-3-6-13(12)7-9-14-8-4-10(11(13)14)15(16)17/h10-11,15-16H,3-9H2,1-2H3. The van der Waals surface area contributed by atoms with E-state index >= 15 is 0 Å². The highest BCUT2D eigenvalue weighted by Crippen LogP contribution is 2.61. The summed E-state index contributed by atoms with van der Waals surface area (Å²) in [5.41, 5.74) is 0.608. The summed E-state index contributed by atoms with van der Waals surface area (Å²) in [7, 11) is 0. The Morgan fingerprint density at radius 2 is 2.00 bits per heavy atom. The second kappa shape index (κ2) is 3.67. The van der Waals surface area contributed by atoms with E-state index in [2.05, 4.69) is 18.7 Å². The molecule has 0 amide bonds. The van der Waals surface area contributed by atoms with Crippen LogP contribution in [0.3, 0.4) is 0 Å². The molecule has 2 aliphatic heterocycles. The van der Waals surface area contributed by atoms with Crippen molar-refractivity contribution in [3.05, 3.63) is 5.21 Å². The van der Waals surface area contributed by atoms with Crippen LogP contribution in [0, 0.1) is 16.0 Å². The van der Waals surface area contributed by atoms with Crippen LogP contribution < -0.4 is 5.23 Å². The maximum atomic E-state index is 11.5. The van der Waals surface area contributed by atoms with Crippen molar-refractivity contribution in [3.63, 3.8) is 0 Å². The molecule has 98 valence electrons. The minimum atomic E-state index is -0.568. The molecule has 4 nitrogen and oxygen atoms in total. The third kappa shape index (κ3) is 1.44. The van der Waals surface area contributed by atoms with Gasteiger partial charge in [0.05, 0.1) is 6.04 Å². The number of nitrogens with zero attached hydrogens (tertiary/aromatic N) is 1. The van der Waals surface area contributed by atoms with Crippen molar-refractivity contribution < 1.29 is 10.4 Å².